The van der Waals surface area contributed by atoms with Gasteiger partial charge < -0.3 is 5.32 Å². The zero-order chi connectivity index (χ0) is 10.4. The van der Waals surface area contributed by atoms with Gasteiger partial charge in [-0.3, -0.25) is 5.10 Å². The molecule has 0 aliphatic heterocycles. The van der Waals surface area contributed by atoms with Crippen LogP contribution in [0.2, 0.25) is 0 Å². The molecular formula is C9H15F2N3. The van der Waals surface area contributed by atoms with E-state index in [1.165, 1.54) is 0 Å². The maximum Gasteiger partial charge on any atom is 0.250 e. The number of hydrogen-bond donors (Lipinski definition) is 2. The van der Waals surface area contributed by atoms with E-state index in [-0.39, 0.29) is 6.54 Å². The number of nitrogens with one attached hydrogen (secondary N) is 2. The van der Waals surface area contributed by atoms with Gasteiger partial charge in [-0.25, -0.2) is 8.78 Å². The van der Waals surface area contributed by atoms with Crippen molar-refractivity contribution in [2.24, 2.45) is 0 Å². The average Bonchev–Trinajstić information content (AvgIpc) is 2.53. The monoisotopic (exact) mass is 203 g/mol. The second kappa shape index (κ2) is 5.70. The van der Waals surface area contributed by atoms with Gasteiger partial charge in [0.2, 0.25) is 0 Å². The Morgan fingerprint density at radius 2 is 2.36 bits per heavy atom. The summed E-state index contributed by atoms with van der Waals surface area (Å²) in [6.45, 7) is 2.21. The fourth-order valence-electron chi connectivity index (χ4n) is 1.20. The van der Waals surface area contributed by atoms with Crippen molar-refractivity contribution in [3.8, 4) is 0 Å². The van der Waals surface area contributed by atoms with Crippen LogP contribution in [-0.2, 0) is 13.0 Å². The van der Waals surface area contributed by atoms with Gasteiger partial charge >= 0.3 is 0 Å². The van der Waals surface area contributed by atoms with Gasteiger partial charge in [-0.2, -0.15) is 5.10 Å². The number of hydrogen-bond acceptors (Lipinski definition) is 2. The van der Waals surface area contributed by atoms with Gasteiger partial charge in [0.15, 0.2) is 0 Å². The lowest BCUT2D eigenvalue weighted by molar-refractivity contribution is 0.145. The summed E-state index contributed by atoms with van der Waals surface area (Å²) >= 11 is 0. The number of halogens is 2. The first-order valence-electron chi connectivity index (χ1n) is 4.74. The van der Waals surface area contributed by atoms with Gasteiger partial charge in [0.1, 0.15) is 0 Å². The maximum absolute atomic E-state index is 11.8. The molecule has 14 heavy (non-hydrogen) atoms. The quantitative estimate of drug-likeness (QED) is 0.739. The van der Waals surface area contributed by atoms with Crippen LogP contribution in [-0.4, -0.2) is 23.2 Å². The van der Waals surface area contributed by atoms with Gasteiger partial charge in [0.05, 0.1) is 12.2 Å². The Hall–Kier alpha value is -0.970. The molecule has 1 aromatic heterocycles. The first-order valence-corrected chi connectivity index (χ1v) is 4.74. The summed E-state index contributed by atoms with van der Waals surface area (Å²) in [5.41, 5.74) is 1.84. The molecule has 0 fully saturated rings. The standard InChI is InChI=1S/C9H15F2N3/c1-2-3-7-4-8(14-13-7)5-12-6-9(10)11/h4,9,12H,2-3,5-6H2,1H3,(H,13,14). The predicted molar refractivity (Wildman–Crippen MR) is 50.3 cm³/mol. The minimum atomic E-state index is -2.30. The molecule has 0 saturated carbocycles. The molecule has 0 saturated heterocycles. The number of H-pyrrole nitrogens is 1. The maximum atomic E-state index is 11.8. The summed E-state index contributed by atoms with van der Waals surface area (Å²) in [5, 5.41) is 9.49. The van der Waals surface area contributed by atoms with Gasteiger partial charge in [0.25, 0.3) is 6.43 Å². The predicted octanol–water partition coefficient (Wildman–Crippen LogP) is 1.72. The van der Waals surface area contributed by atoms with Gasteiger partial charge in [-0.15, -0.1) is 0 Å². The third-order valence-electron chi connectivity index (χ3n) is 1.80. The van der Waals surface area contributed by atoms with Gasteiger partial charge in [-0.05, 0) is 12.5 Å². The van der Waals surface area contributed by atoms with E-state index in [0.717, 1.165) is 24.2 Å². The molecule has 0 atom stereocenters. The van der Waals surface area contributed by atoms with Crippen LogP contribution in [0.1, 0.15) is 24.7 Å². The highest BCUT2D eigenvalue weighted by molar-refractivity contribution is 5.08. The SMILES string of the molecule is CCCc1cc(CNCC(F)F)[nH]n1. The van der Waals surface area contributed by atoms with Gasteiger partial charge in [-0.1, -0.05) is 13.3 Å². The highest BCUT2D eigenvalue weighted by Crippen LogP contribution is 2.02. The van der Waals surface area contributed by atoms with Crippen molar-refractivity contribution in [3.05, 3.63) is 17.5 Å². The van der Waals surface area contributed by atoms with E-state index in [2.05, 4.69) is 22.4 Å². The highest BCUT2D eigenvalue weighted by atomic mass is 19.3. The van der Waals surface area contributed by atoms with Crippen molar-refractivity contribution in [1.82, 2.24) is 15.5 Å². The minimum Gasteiger partial charge on any atom is -0.306 e. The Morgan fingerprint density at radius 1 is 1.57 bits per heavy atom. The molecular weight excluding hydrogens is 188 g/mol. The molecule has 0 radical (unpaired) electrons. The summed E-state index contributed by atoms with van der Waals surface area (Å²) < 4.78 is 23.6. The number of aromatic nitrogens is 2. The van der Waals surface area contributed by atoms with Crippen molar-refractivity contribution in [2.75, 3.05) is 6.54 Å². The fraction of sp³-hybridized carbons (Fsp3) is 0.667. The topological polar surface area (TPSA) is 40.7 Å². The molecule has 0 spiro atoms. The van der Waals surface area contributed by atoms with E-state index in [4.69, 9.17) is 0 Å². The lowest BCUT2D eigenvalue weighted by Crippen LogP contribution is -2.20. The van der Waals surface area contributed by atoms with Crippen LogP contribution in [0.25, 0.3) is 0 Å². The lowest BCUT2D eigenvalue weighted by atomic mass is 10.2. The molecule has 0 bridgehead atoms. The molecule has 0 aromatic carbocycles. The Morgan fingerprint density at radius 3 is 3.00 bits per heavy atom. The number of alkyl halides is 2. The van der Waals surface area contributed by atoms with Crippen molar-refractivity contribution in [2.45, 2.75) is 32.7 Å². The van der Waals surface area contributed by atoms with E-state index in [0.29, 0.717) is 6.54 Å². The third-order valence-corrected chi connectivity index (χ3v) is 1.80. The summed E-state index contributed by atoms with van der Waals surface area (Å²) in [6.07, 6.45) is -0.340. The van der Waals surface area contributed by atoms with Gasteiger partial charge in [0, 0.05) is 12.2 Å². The van der Waals surface area contributed by atoms with Crippen LogP contribution in [0.15, 0.2) is 6.07 Å². The average molecular weight is 203 g/mol. The van der Waals surface area contributed by atoms with Crippen LogP contribution in [0.4, 0.5) is 8.78 Å². The second-order valence-corrected chi connectivity index (χ2v) is 3.16. The molecule has 1 heterocycles. The Kier molecular flexibility index (Phi) is 4.52. The fourth-order valence-corrected chi connectivity index (χ4v) is 1.20. The van der Waals surface area contributed by atoms with Crippen LogP contribution in [0, 0.1) is 0 Å². The summed E-state index contributed by atoms with van der Waals surface area (Å²) in [5.74, 6) is 0. The molecule has 0 amide bonds. The van der Waals surface area contributed by atoms with Crippen molar-refractivity contribution in [1.29, 1.82) is 0 Å². The molecule has 1 aromatic rings. The van der Waals surface area contributed by atoms with E-state index in [1.807, 2.05) is 6.07 Å². The third kappa shape index (κ3) is 3.83. The second-order valence-electron chi connectivity index (χ2n) is 3.16. The van der Waals surface area contributed by atoms with E-state index >= 15 is 0 Å². The molecule has 0 unspecified atom stereocenters. The highest BCUT2D eigenvalue weighted by Gasteiger charge is 2.03. The number of nitrogens with zero attached hydrogens (tertiary/aromatic N) is 1. The van der Waals surface area contributed by atoms with E-state index < -0.39 is 6.43 Å². The Balaban J connectivity index is 2.28. The van der Waals surface area contributed by atoms with Crippen LogP contribution in [0.5, 0.6) is 0 Å². The van der Waals surface area contributed by atoms with Crippen LogP contribution >= 0.6 is 0 Å². The van der Waals surface area contributed by atoms with Crippen molar-refractivity contribution < 1.29 is 8.78 Å². The molecule has 80 valence electrons. The Bertz CT molecular complexity index is 260. The lowest BCUT2D eigenvalue weighted by Gasteiger charge is -2.00. The Labute approximate surface area is 81.9 Å². The molecule has 2 N–H and O–H groups in total. The van der Waals surface area contributed by atoms with E-state index in [1.54, 1.807) is 0 Å². The normalized spacial score (nSPS) is 11.1. The molecule has 0 aliphatic rings. The number of rotatable bonds is 6. The van der Waals surface area contributed by atoms with Crippen LogP contribution < -0.4 is 5.32 Å². The summed E-state index contributed by atoms with van der Waals surface area (Å²) in [7, 11) is 0. The van der Waals surface area contributed by atoms with E-state index in [9.17, 15) is 8.78 Å². The molecule has 3 nitrogen and oxygen atoms in total. The molecule has 5 heteroatoms. The van der Waals surface area contributed by atoms with Crippen molar-refractivity contribution >= 4 is 0 Å². The largest absolute Gasteiger partial charge is 0.306 e. The zero-order valence-corrected chi connectivity index (χ0v) is 8.19. The summed E-state index contributed by atoms with van der Waals surface area (Å²) in [6, 6.07) is 1.90. The van der Waals surface area contributed by atoms with Crippen LogP contribution in [0.3, 0.4) is 0 Å². The minimum absolute atomic E-state index is 0.276. The summed E-state index contributed by atoms with van der Waals surface area (Å²) in [4.78, 5) is 0. The number of aryl methyl sites for hydroxylation is 1. The smallest absolute Gasteiger partial charge is 0.250 e. The number of aromatic amines is 1. The molecule has 0 aliphatic carbocycles. The first-order chi connectivity index (χ1) is 6.72. The first kappa shape index (κ1) is 11.1. The zero-order valence-electron chi connectivity index (χ0n) is 8.19. The molecule has 1 rings (SSSR count). The van der Waals surface area contributed by atoms with Crippen molar-refractivity contribution in [3.63, 3.8) is 0 Å².